The first kappa shape index (κ1) is 28.9. The second kappa shape index (κ2) is 11.4. The molecule has 0 bridgehead atoms. The van der Waals surface area contributed by atoms with Gasteiger partial charge in [-0.05, 0) is 63.0 Å². The van der Waals surface area contributed by atoms with Crippen LogP contribution in [0.25, 0.3) is 0 Å². The number of aryl methyl sites for hydroxylation is 1. The SMILES string of the molecule is CCOC(=O)c1c(NC(=O)C2=C(C)NC3=C(C(=O)CC(C)(C)C3)[C@H]2c2cccc(OC)c2OC)sc2c1CCCC2. The van der Waals surface area contributed by atoms with Gasteiger partial charge in [0, 0.05) is 39.4 Å². The molecule has 1 aliphatic heterocycles. The van der Waals surface area contributed by atoms with Crippen molar-refractivity contribution in [3.8, 4) is 11.5 Å². The molecule has 8 nitrogen and oxygen atoms in total. The van der Waals surface area contributed by atoms with Crippen molar-refractivity contribution in [3.05, 3.63) is 62.3 Å². The summed E-state index contributed by atoms with van der Waals surface area (Å²) >= 11 is 1.44. The number of dihydropyridines is 1. The predicted octanol–water partition coefficient (Wildman–Crippen LogP) is 6.06. The van der Waals surface area contributed by atoms with Crippen molar-refractivity contribution in [1.29, 1.82) is 0 Å². The first-order valence-corrected chi connectivity index (χ1v) is 15.0. The van der Waals surface area contributed by atoms with Gasteiger partial charge < -0.3 is 24.8 Å². The van der Waals surface area contributed by atoms with Crippen LogP contribution in [0, 0.1) is 5.41 Å². The van der Waals surface area contributed by atoms with Gasteiger partial charge in [-0.1, -0.05) is 26.0 Å². The molecule has 0 spiro atoms. The van der Waals surface area contributed by atoms with Crippen LogP contribution < -0.4 is 20.1 Å². The van der Waals surface area contributed by atoms with Gasteiger partial charge in [-0.25, -0.2) is 4.79 Å². The number of amides is 1. The largest absolute Gasteiger partial charge is 0.493 e. The molecule has 0 fully saturated rings. The molecule has 0 saturated heterocycles. The van der Waals surface area contributed by atoms with Crippen molar-refractivity contribution in [2.45, 2.75) is 72.1 Å². The summed E-state index contributed by atoms with van der Waals surface area (Å²) in [6, 6.07) is 5.51. The lowest BCUT2D eigenvalue weighted by atomic mass is 9.68. The summed E-state index contributed by atoms with van der Waals surface area (Å²) in [5.41, 5.74) is 4.35. The van der Waals surface area contributed by atoms with Crippen LogP contribution >= 0.6 is 11.3 Å². The summed E-state index contributed by atoms with van der Waals surface area (Å²) in [5.74, 6) is -0.491. The van der Waals surface area contributed by atoms with Gasteiger partial charge in [0.15, 0.2) is 17.3 Å². The number of hydrogen-bond donors (Lipinski definition) is 2. The Morgan fingerprint density at radius 3 is 2.59 bits per heavy atom. The molecule has 1 aromatic carbocycles. The summed E-state index contributed by atoms with van der Waals surface area (Å²) in [4.78, 5) is 42.3. The van der Waals surface area contributed by atoms with Crippen molar-refractivity contribution in [2.24, 2.45) is 5.41 Å². The molecule has 0 radical (unpaired) electrons. The fraction of sp³-hybridized carbons (Fsp3) is 0.469. The molecule has 2 N–H and O–H groups in total. The smallest absolute Gasteiger partial charge is 0.341 e. The number of esters is 1. The molecule has 218 valence electrons. The highest BCUT2D eigenvalue weighted by Crippen LogP contribution is 2.50. The number of nitrogens with one attached hydrogen (secondary N) is 2. The highest BCUT2D eigenvalue weighted by molar-refractivity contribution is 7.17. The zero-order chi connectivity index (χ0) is 29.5. The molecule has 41 heavy (non-hydrogen) atoms. The summed E-state index contributed by atoms with van der Waals surface area (Å²) < 4.78 is 16.8. The maximum atomic E-state index is 14.3. The monoisotopic (exact) mass is 578 g/mol. The highest BCUT2D eigenvalue weighted by Gasteiger charge is 2.44. The Balaban J connectivity index is 1.64. The van der Waals surface area contributed by atoms with E-state index >= 15 is 0 Å². The molecule has 2 heterocycles. The Labute approximate surface area is 245 Å². The van der Waals surface area contributed by atoms with Crippen LogP contribution in [0.3, 0.4) is 0 Å². The van der Waals surface area contributed by atoms with E-state index in [0.717, 1.165) is 41.8 Å². The van der Waals surface area contributed by atoms with E-state index in [0.29, 0.717) is 57.3 Å². The third-order valence-electron chi connectivity index (χ3n) is 8.11. The fourth-order valence-corrected chi connectivity index (χ4v) is 7.70. The topological polar surface area (TPSA) is 103 Å². The number of carbonyl (C=O) groups excluding carboxylic acids is 3. The molecule has 1 aromatic heterocycles. The summed E-state index contributed by atoms with van der Waals surface area (Å²) in [6.45, 7) is 8.04. The summed E-state index contributed by atoms with van der Waals surface area (Å²) in [6.07, 6.45) is 4.73. The molecule has 0 unspecified atom stereocenters. The van der Waals surface area contributed by atoms with E-state index in [1.54, 1.807) is 27.2 Å². The maximum Gasteiger partial charge on any atom is 0.341 e. The third kappa shape index (κ3) is 5.27. The molecule has 1 amide bonds. The van der Waals surface area contributed by atoms with Gasteiger partial charge in [-0.2, -0.15) is 0 Å². The van der Waals surface area contributed by atoms with Crippen LogP contribution in [0.2, 0.25) is 0 Å². The zero-order valence-electron chi connectivity index (χ0n) is 24.6. The van der Waals surface area contributed by atoms with Crippen LogP contribution in [0.15, 0.2) is 40.7 Å². The summed E-state index contributed by atoms with van der Waals surface area (Å²) in [5, 5.41) is 6.98. The van der Waals surface area contributed by atoms with Crippen molar-refractivity contribution < 1.29 is 28.6 Å². The molecule has 2 aliphatic carbocycles. The van der Waals surface area contributed by atoms with E-state index in [9.17, 15) is 14.4 Å². The number of benzene rings is 1. The minimum Gasteiger partial charge on any atom is -0.493 e. The minimum atomic E-state index is -0.680. The van der Waals surface area contributed by atoms with E-state index in [2.05, 4.69) is 24.5 Å². The lowest BCUT2D eigenvalue weighted by Gasteiger charge is -2.40. The van der Waals surface area contributed by atoms with Crippen molar-refractivity contribution >= 4 is 34.0 Å². The number of hydrogen-bond acceptors (Lipinski definition) is 8. The minimum absolute atomic E-state index is 0.00442. The number of thiophene rings is 1. The quantitative estimate of drug-likeness (QED) is 0.385. The Hall–Kier alpha value is -3.59. The standard InChI is InChI=1S/C32H38N2O6S/c1-7-40-31(37)26-18-11-8-9-14-23(18)41-30(26)34-29(36)24-17(2)33-20-15-32(3,4)16-21(35)27(20)25(24)19-12-10-13-22(38-5)28(19)39-6/h10,12-13,25,33H,7-9,11,14-16H2,1-6H3,(H,34,36)/t25-/m0/s1. The lowest BCUT2D eigenvalue weighted by molar-refractivity contribution is -0.118. The van der Waals surface area contributed by atoms with Gasteiger partial charge in [0.2, 0.25) is 0 Å². The average Bonchev–Trinajstić information content (AvgIpc) is 3.28. The molecule has 2 aromatic rings. The number of rotatable bonds is 7. The van der Waals surface area contributed by atoms with Crippen LogP contribution in [0.5, 0.6) is 11.5 Å². The number of fused-ring (bicyclic) bond motifs is 1. The van der Waals surface area contributed by atoms with E-state index in [1.807, 2.05) is 19.1 Å². The summed E-state index contributed by atoms with van der Waals surface area (Å²) in [7, 11) is 3.12. The van der Waals surface area contributed by atoms with Gasteiger partial charge in [0.25, 0.3) is 5.91 Å². The normalized spacial score (nSPS) is 19.7. The van der Waals surface area contributed by atoms with Crippen LogP contribution in [0.1, 0.15) is 85.7 Å². The molecule has 9 heteroatoms. The Bertz CT molecular complexity index is 1480. The average molecular weight is 579 g/mol. The lowest BCUT2D eigenvalue weighted by Crippen LogP contribution is -2.39. The van der Waals surface area contributed by atoms with Crippen LogP contribution in [-0.4, -0.2) is 38.5 Å². The van der Waals surface area contributed by atoms with Crippen molar-refractivity contribution in [2.75, 3.05) is 26.1 Å². The second-order valence-electron chi connectivity index (χ2n) is 11.6. The predicted molar refractivity (Wildman–Crippen MR) is 159 cm³/mol. The van der Waals surface area contributed by atoms with Gasteiger partial charge in [0.1, 0.15) is 5.00 Å². The fourth-order valence-electron chi connectivity index (χ4n) is 6.43. The molecular weight excluding hydrogens is 540 g/mol. The van der Waals surface area contributed by atoms with Gasteiger partial charge in [-0.3, -0.25) is 9.59 Å². The van der Waals surface area contributed by atoms with Gasteiger partial charge in [0.05, 0.1) is 32.3 Å². The van der Waals surface area contributed by atoms with Crippen LogP contribution in [0.4, 0.5) is 5.00 Å². The maximum absolute atomic E-state index is 14.3. The van der Waals surface area contributed by atoms with E-state index < -0.39 is 11.9 Å². The highest BCUT2D eigenvalue weighted by atomic mass is 32.1. The first-order chi connectivity index (χ1) is 19.6. The van der Waals surface area contributed by atoms with E-state index in [4.69, 9.17) is 14.2 Å². The molecule has 3 aliphatic rings. The number of anilines is 1. The zero-order valence-corrected chi connectivity index (χ0v) is 25.4. The van der Waals surface area contributed by atoms with Gasteiger partial charge >= 0.3 is 5.97 Å². The van der Waals surface area contributed by atoms with E-state index in [1.165, 1.54) is 11.3 Å². The van der Waals surface area contributed by atoms with Crippen molar-refractivity contribution in [3.63, 3.8) is 0 Å². The number of allylic oxidation sites excluding steroid dienone is 3. The number of ketones is 1. The number of para-hydroxylation sites is 1. The number of ether oxygens (including phenoxy) is 3. The van der Waals surface area contributed by atoms with Crippen LogP contribution in [-0.2, 0) is 27.2 Å². The molecule has 0 saturated carbocycles. The molecule has 1 atom stereocenters. The second-order valence-corrected chi connectivity index (χ2v) is 12.7. The van der Waals surface area contributed by atoms with E-state index in [-0.39, 0.29) is 23.7 Å². The third-order valence-corrected chi connectivity index (χ3v) is 9.31. The number of carbonyl (C=O) groups is 3. The van der Waals surface area contributed by atoms with Crippen molar-refractivity contribution in [1.82, 2.24) is 5.32 Å². The number of Topliss-reactive ketones (excluding diaryl/α,β-unsaturated/α-hetero) is 1. The Kier molecular flexibility index (Phi) is 8.01. The Morgan fingerprint density at radius 1 is 1.12 bits per heavy atom. The van der Waals surface area contributed by atoms with Gasteiger partial charge in [-0.15, -0.1) is 11.3 Å². The number of methoxy groups -OCH3 is 2. The Morgan fingerprint density at radius 2 is 1.88 bits per heavy atom. The first-order valence-electron chi connectivity index (χ1n) is 14.2. The molecular formula is C32H38N2O6S. The molecule has 5 rings (SSSR count).